The minimum atomic E-state index is 0.386. The zero-order valence-corrected chi connectivity index (χ0v) is 15.9. The molecule has 142 valence electrons. The molecular formula is C19H26N8. The van der Waals surface area contributed by atoms with Crippen molar-refractivity contribution >= 4 is 5.95 Å². The van der Waals surface area contributed by atoms with Crippen LogP contribution >= 0.6 is 0 Å². The maximum atomic E-state index is 4.67. The Hall–Kier alpha value is -2.74. The maximum Gasteiger partial charge on any atom is 0.250 e. The van der Waals surface area contributed by atoms with Crippen molar-refractivity contribution in [1.29, 1.82) is 0 Å². The van der Waals surface area contributed by atoms with Crippen LogP contribution in [-0.4, -0.2) is 68.4 Å². The number of hydrogen-bond acceptors (Lipinski definition) is 6. The number of para-hydroxylation sites is 1. The van der Waals surface area contributed by atoms with E-state index in [1.807, 2.05) is 41.2 Å². The summed E-state index contributed by atoms with van der Waals surface area (Å²) in [6, 6.07) is 10.0. The van der Waals surface area contributed by atoms with Crippen LogP contribution in [0.3, 0.4) is 0 Å². The number of rotatable bonds is 6. The first-order valence-corrected chi connectivity index (χ1v) is 9.47. The van der Waals surface area contributed by atoms with Crippen LogP contribution in [0.25, 0.3) is 5.69 Å². The molecule has 1 saturated heterocycles. The lowest BCUT2D eigenvalue weighted by atomic mass is 9.97. The molecule has 1 fully saturated rings. The minimum absolute atomic E-state index is 0.386. The lowest BCUT2D eigenvalue weighted by molar-refractivity contribution is 0.373. The normalized spacial score (nSPS) is 17.6. The molecule has 0 saturated carbocycles. The molecule has 27 heavy (non-hydrogen) atoms. The highest BCUT2D eigenvalue weighted by molar-refractivity contribution is 5.41. The van der Waals surface area contributed by atoms with Gasteiger partial charge in [-0.3, -0.25) is 0 Å². The summed E-state index contributed by atoms with van der Waals surface area (Å²) in [6.45, 7) is 3.81. The van der Waals surface area contributed by atoms with Gasteiger partial charge in [0.05, 0.1) is 5.69 Å². The molecule has 3 heterocycles. The van der Waals surface area contributed by atoms with Gasteiger partial charge in [0.2, 0.25) is 5.95 Å². The van der Waals surface area contributed by atoms with Crippen LogP contribution in [0.15, 0.2) is 42.7 Å². The molecule has 0 radical (unpaired) electrons. The van der Waals surface area contributed by atoms with E-state index in [1.54, 1.807) is 0 Å². The number of tetrazole rings is 1. The van der Waals surface area contributed by atoms with Crippen molar-refractivity contribution in [3.63, 3.8) is 0 Å². The summed E-state index contributed by atoms with van der Waals surface area (Å²) in [4.78, 5) is 9.16. The Morgan fingerprint density at radius 2 is 2.04 bits per heavy atom. The van der Waals surface area contributed by atoms with Crippen LogP contribution < -0.4 is 4.90 Å². The highest BCUT2D eigenvalue weighted by Gasteiger charge is 2.28. The highest BCUT2D eigenvalue weighted by atomic mass is 15.6. The Bertz CT molecular complexity index is 853. The predicted octanol–water partition coefficient (Wildman–Crippen LogP) is 1.80. The Balaban J connectivity index is 1.54. The fourth-order valence-electron chi connectivity index (χ4n) is 3.66. The van der Waals surface area contributed by atoms with Crippen molar-refractivity contribution < 1.29 is 0 Å². The summed E-state index contributed by atoms with van der Waals surface area (Å²) < 4.78 is 4.11. The molecule has 0 N–H and O–H groups in total. The van der Waals surface area contributed by atoms with Gasteiger partial charge in [0.1, 0.15) is 5.82 Å². The van der Waals surface area contributed by atoms with Crippen molar-refractivity contribution in [2.45, 2.75) is 25.3 Å². The van der Waals surface area contributed by atoms with Crippen LogP contribution in [0.2, 0.25) is 0 Å². The number of imidazole rings is 1. The third-order valence-electron chi connectivity index (χ3n) is 5.06. The van der Waals surface area contributed by atoms with Crippen LogP contribution in [0, 0.1) is 0 Å². The van der Waals surface area contributed by atoms with Gasteiger partial charge in [-0.15, -0.1) is 0 Å². The molecular weight excluding hydrogens is 340 g/mol. The number of piperidine rings is 1. The molecule has 0 spiro atoms. The molecule has 1 aliphatic rings. The standard InChI is InChI=1S/C19H26N8/c1-24(2)13-14-25-12-10-20-18(25)16-7-6-11-26(15-16)19-21-22-23-27(19)17-8-4-3-5-9-17/h3-5,8-10,12,16H,6-7,11,13-15H2,1-2H3/t16-/m0/s1. The van der Waals surface area contributed by atoms with Gasteiger partial charge in [-0.1, -0.05) is 23.3 Å². The van der Waals surface area contributed by atoms with E-state index >= 15 is 0 Å². The zero-order valence-electron chi connectivity index (χ0n) is 15.9. The van der Waals surface area contributed by atoms with E-state index in [2.05, 4.69) is 55.2 Å². The number of nitrogens with zero attached hydrogens (tertiary/aromatic N) is 8. The SMILES string of the molecule is CN(C)CCn1ccnc1[C@H]1CCCN(c2nnnn2-c2ccccc2)C1. The Morgan fingerprint density at radius 3 is 2.85 bits per heavy atom. The summed E-state index contributed by atoms with van der Waals surface area (Å²) in [6.07, 6.45) is 6.25. The van der Waals surface area contributed by atoms with Gasteiger partial charge >= 0.3 is 0 Å². The van der Waals surface area contributed by atoms with E-state index in [0.717, 1.165) is 50.7 Å². The third kappa shape index (κ3) is 3.85. The molecule has 1 aliphatic heterocycles. The second-order valence-corrected chi connectivity index (χ2v) is 7.29. The molecule has 0 aliphatic carbocycles. The van der Waals surface area contributed by atoms with Crippen molar-refractivity contribution in [1.82, 2.24) is 34.7 Å². The average molecular weight is 366 g/mol. The topological polar surface area (TPSA) is 67.9 Å². The molecule has 1 atom stereocenters. The molecule has 3 aromatic rings. The van der Waals surface area contributed by atoms with Gasteiger partial charge in [0.15, 0.2) is 0 Å². The van der Waals surface area contributed by atoms with Crippen molar-refractivity contribution in [3.8, 4) is 5.69 Å². The average Bonchev–Trinajstić information content (AvgIpc) is 3.36. The minimum Gasteiger partial charge on any atom is -0.339 e. The van der Waals surface area contributed by atoms with Crippen LogP contribution in [0.4, 0.5) is 5.95 Å². The van der Waals surface area contributed by atoms with Crippen molar-refractivity contribution in [3.05, 3.63) is 48.5 Å². The molecule has 1 aromatic carbocycles. The Kier molecular flexibility index (Phi) is 5.15. The summed E-state index contributed by atoms with van der Waals surface area (Å²) in [5, 5.41) is 12.4. The van der Waals surface area contributed by atoms with Crippen molar-refractivity contribution in [2.24, 2.45) is 0 Å². The monoisotopic (exact) mass is 366 g/mol. The predicted molar refractivity (Wildman–Crippen MR) is 104 cm³/mol. The van der Waals surface area contributed by atoms with E-state index in [1.165, 1.54) is 5.82 Å². The lowest BCUT2D eigenvalue weighted by Crippen LogP contribution is -2.37. The van der Waals surface area contributed by atoms with Gasteiger partial charge in [-0.2, -0.15) is 4.68 Å². The first kappa shape index (κ1) is 17.7. The fraction of sp³-hybridized carbons (Fsp3) is 0.474. The van der Waals surface area contributed by atoms with E-state index < -0.39 is 0 Å². The summed E-state index contributed by atoms with van der Waals surface area (Å²) in [5.74, 6) is 2.36. The number of anilines is 1. The maximum absolute atomic E-state index is 4.67. The molecule has 8 nitrogen and oxygen atoms in total. The molecule has 0 bridgehead atoms. The van der Waals surface area contributed by atoms with Crippen LogP contribution in [0.5, 0.6) is 0 Å². The van der Waals surface area contributed by atoms with Gasteiger partial charge in [0.25, 0.3) is 0 Å². The van der Waals surface area contributed by atoms with Gasteiger partial charge in [0, 0.05) is 44.5 Å². The quantitative estimate of drug-likeness (QED) is 0.663. The Labute approximate surface area is 159 Å². The molecule has 4 rings (SSSR count). The molecule has 8 heteroatoms. The Morgan fingerprint density at radius 1 is 1.19 bits per heavy atom. The van der Waals surface area contributed by atoms with Gasteiger partial charge < -0.3 is 14.4 Å². The molecule has 0 amide bonds. The second-order valence-electron chi connectivity index (χ2n) is 7.29. The smallest absolute Gasteiger partial charge is 0.250 e. The first-order chi connectivity index (χ1) is 13.2. The lowest BCUT2D eigenvalue weighted by Gasteiger charge is -2.32. The van der Waals surface area contributed by atoms with Crippen LogP contribution in [0.1, 0.15) is 24.6 Å². The summed E-state index contributed by atoms with van der Waals surface area (Å²) >= 11 is 0. The first-order valence-electron chi connectivity index (χ1n) is 9.47. The van der Waals surface area contributed by atoms with Crippen LogP contribution in [-0.2, 0) is 6.54 Å². The zero-order chi connectivity index (χ0) is 18.6. The summed E-state index contributed by atoms with van der Waals surface area (Å²) in [7, 11) is 4.20. The fourth-order valence-corrected chi connectivity index (χ4v) is 3.66. The van der Waals surface area contributed by atoms with Gasteiger partial charge in [-0.05, 0) is 49.5 Å². The van der Waals surface area contributed by atoms with Gasteiger partial charge in [-0.25, -0.2) is 4.98 Å². The largest absolute Gasteiger partial charge is 0.339 e. The number of likely N-dealkylation sites (N-methyl/N-ethyl adjacent to an activating group) is 1. The number of benzene rings is 1. The highest BCUT2D eigenvalue weighted by Crippen LogP contribution is 2.29. The van der Waals surface area contributed by atoms with E-state index in [4.69, 9.17) is 0 Å². The molecule has 0 unspecified atom stereocenters. The second kappa shape index (κ2) is 7.87. The third-order valence-corrected chi connectivity index (χ3v) is 5.06. The number of hydrogen-bond donors (Lipinski definition) is 0. The van der Waals surface area contributed by atoms with Crippen molar-refractivity contribution in [2.75, 3.05) is 38.6 Å². The van der Waals surface area contributed by atoms with E-state index in [0.29, 0.717) is 5.92 Å². The molecule has 2 aromatic heterocycles. The van der Waals surface area contributed by atoms with E-state index in [-0.39, 0.29) is 0 Å². The van der Waals surface area contributed by atoms with E-state index in [9.17, 15) is 0 Å². The number of aromatic nitrogens is 6. The summed E-state index contributed by atoms with van der Waals surface area (Å²) in [5.41, 5.74) is 0.979.